The van der Waals surface area contributed by atoms with E-state index >= 15 is 0 Å². The van der Waals surface area contributed by atoms with E-state index in [1.165, 1.54) is 32.1 Å². The molecule has 0 amide bonds. The molecule has 1 fully saturated rings. The molecule has 5 heteroatoms. The van der Waals surface area contributed by atoms with Crippen LogP contribution in [0.15, 0.2) is 12.4 Å². The number of aromatic nitrogens is 2. The first-order valence-corrected chi connectivity index (χ1v) is 6.97. The van der Waals surface area contributed by atoms with Crippen molar-refractivity contribution in [3.8, 4) is 5.88 Å². The molecule has 0 saturated heterocycles. The van der Waals surface area contributed by atoms with Gasteiger partial charge in [0.1, 0.15) is 5.82 Å². The van der Waals surface area contributed by atoms with Gasteiger partial charge < -0.3 is 10.1 Å². The lowest BCUT2D eigenvalue weighted by molar-refractivity contribution is 0.238. The van der Waals surface area contributed by atoms with E-state index in [9.17, 15) is 0 Å². The molecule has 0 unspecified atom stereocenters. The molecule has 0 atom stereocenters. The average molecular weight is 270 g/mol. The summed E-state index contributed by atoms with van der Waals surface area (Å²) < 4.78 is 5.06. The number of nitrogens with one attached hydrogen (secondary N) is 1. The maximum absolute atomic E-state index is 6.16. The molecule has 18 heavy (non-hydrogen) atoms. The Morgan fingerprint density at radius 3 is 2.78 bits per heavy atom. The lowest BCUT2D eigenvalue weighted by atomic mass is 9.75. The molecule has 0 spiro atoms. The third kappa shape index (κ3) is 3.25. The van der Waals surface area contributed by atoms with Crippen LogP contribution in [-0.2, 0) is 0 Å². The van der Waals surface area contributed by atoms with Crippen molar-refractivity contribution in [1.29, 1.82) is 0 Å². The van der Waals surface area contributed by atoms with Crippen molar-refractivity contribution in [3.05, 3.63) is 12.4 Å². The smallest absolute Gasteiger partial charge is 0.233 e. The Kier molecular flexibility index (Phi) is 4.64. The van der Waals surface area contributed by atoms with Gasteiger partial charge in [-0.2, -0.15) is 4.98 Å². The van der Waals surface area contributed by atoms with E-state index < -0.39 is 0 Å². The Hall–Kier alpha value is -1.03. The monoisotopic (exact) mass is 269 g/mol. The van der Waals surface area contributed by atoms with Crippen molar-refractivity contribution in [2.45, 2.75) is 32.1 Å². The van der Waals surface area contributed by atoms with Gasteiger partial charge in [-0.3, -0.25) is 4.98 Å². The Labute approximate surface area is 113 Å². The van der Waals surface area contributed by atoms with Crippen LogP contribution in [0.4, 0.5) is 5.82 Å². The second-order valence-electron chi connectivity index (χ2n) is 4.99. The fourth-order valence-electron chi connectivity index (χ4n) is 2.47. The highest BCUT2D eigenvalue weighted by Gasteiger charge is 2.31. The van der Waals surface area contributed by atoms with Crippen LogP contribution in [0.5, 0.6) is 5.88 Å². The topological polar surface area (TPSA) is 47.0 Å². The van der Waals surface area contributed by atoms with Crippen molar-refractivity contribution < 1.29 is 4.74 Å². The molecule has 0 aliphatic heterocycles. The lowest BCUT2D eigenvalue weighted by Gasteiger charge is -2.35. The van der Waals surface area contributed by atoms with Crippen LogP contribution < -0.4 is 10.1 Å². The molecule has 1 aromatic rings. The minimum Gasteiger partial charge on any atom is -0.480 e. The number of anilines is 1. The average Bonchev–Trinajstić information content (AvgIpc) is 2.46. The van der Waals surface area contributed by atoms with Gasteiger partial charge in [0.2, 0.25) is 5.88 Å². The molecule has 100 valence electrons. The lowest BCUT2D eigenvalue weighted by Crippen LogP contribution is -2.34. The number of nitrogens with zero attached hydrogens (tertiary/aromatic N) is 2. The molecule has 0 radical (unpaired) electrons. The van der Waals surface area contributed by atoms with E-state index in [2.05, 4.69) is 15.3 Å². The third-order valence-electron chi connectivity index (χ3n) is 3.66. The Balaban J connectivity index is 1.96. The molecule has 2 rings (SSSR count). The van der Waals surface area contributed by atoms with Crippen LogP contribution in [0.1, 0.15) is 32.1 Å². The van der Waals surface area contributed by atoms with E-state index in [4.69, 9.17) is 16.3 Å². The van der Waals surface area contributed by atoms with Gasteiger partial charge in [0.25, 0.3) is 0 Å². The number of hydrogen-bond donors (Lipinski definition) is 1. The summed E-state index contributed by atoms with van der Waals surface area (Å²) in [5, 5.41) is 3.34. The minimum atomic E-state index is 0.213. The van der Waals surface area contributed by atoms with Gasteiger partial charge in [0.05, 0.1) is 19.5 Å². The number of rotatable bonds is 5. The summed E-state index contributed by atoms with van der Waals surface area (Å²) in [7, 11) is 1.59. The van der Waals surface area contributed by atoms with E-state index in [1.807, 2.05) is 0 Å². The highest BCUT2D eigenvalue weighted by molar-refractivity contribution is 6.18. The number of halogens is 1. The maximum atomic E-state index is 6.16. The molecule has 1 heterocycles. The van der Waals surface area contributed by atoms with Gasteiger partial charge in [0, 0.05) is 17.8 Å². The number of hydrogen-bond acceptors (Lipinski definition) is 4. The van der Waals surface area contributed by atoms with Gasteiger partial charge in [-0.05, 0) is 12.8 Å². The molecular formula is C13H20ClN3O. The van der Waals surface area contributed by atoms with Crippen molar-refractivity contribution in [2.75, 3.05) is 24.9 Å². The molecule has 1 N–H and O–H groups in total. The second-order valence-corrected chi connectivity index (χ2v) is 5.26. The van der Waals surface area contributed by atoms with E-state index in [0.29, 0.717) is 11.8 Å². The molecule has 1 aromatic heterocycles. The molecule has 0 aromatic carbocycles. The van der Waals surface area contributed by atoms with Crippen LogP contribution in [0.3, 0.4) is 0 Å². The van der Waals surface area contributed by atoms with Crippen molar-refractivity contribution in [2.24, 2.45) is 5.41 Å². The predicted molar refractivity (Wildman–Crippen MR) is 73.3 cm³/mol. The highest BCUT2D eigenvalue weighted by atomic mass is 35.5. The SMILES string of the molecule is COc1cncc(NCC2(CCl)CCCCC2)n1. The summed E-state index contributed by atoms with van der Waals surface area (Å²) in [6, 6.07) is 0. The number of alkyl halides is 1. The zero-order valence-electron chi connectivity index (χ0n) is 10.8. The van der Waals surface area contributed by atoms with Crippen LogP contribution >= 0.6 is 11.6 Å². The second kappa shape index (κ2) is 6.23. The molecule has 0 bridgehead atoms. The Morgan fingerprint density at radius 1 is 1.33 bits per heavy atom. The Bertz CT molecular complexity index is 380. The first kappa shape index (κ1) is 13.4. The maximum Gasteiger partial charge on any atom is 0.233 e. The first-order valence-electron chi connectivity index (χ1n) is 6.44. The summed E-state index contributed by atoms with van der Waals surface area (Å²) in [5.41, 5.74) is 0.213. The Morgan fingerprint density at radius 2 is 2.11 bits per heavy atom. The quantitative estimate of drug-likeness (QED) is 0.835. The van der Waals surface area contributed by atoms with Gasteiger partial charge in [0.15, 0.2) is 0 Å². The van der Waals surface area contributed by atoms with Gasteiger partial charge >= 0.3 is 0 Å². The molecule has 1 aliphatic carbocycles. The summed E-state index contributed by atoms with van der Waals surface area (Å²) in [5.74, 6) is 1.99. The summed E-state index contributed by atoms with van der Waals surface area (Å²) in [6.45, 7) is 0.859. The molecule has 1 saturated carbocycles. The van der Waals surface area contributed by atoms with Gasteiger partial charge in [-0.15, -0.1) is 11.6 Å². The molecular weight excluding hydrogens is 250 g/mol. The fraction of sp³-hybridized carbons (Fsp3) is 0.692. The number of ether oxygens (including phenoxy) is 1. The largest absolute Gasteiger partial charge is 0.480 e. The van der Waals surface area contributed by atoms with E-state index in [0.717, 1.165) is 12.4 Å². The fourth-order valence-corrected chi connectivity index (χ4v) is 2.83. The van der Waals surface area contributed by atoms with E-state index in [1.54, 1.807) is 19.5 Å². The standard InChI is InChI=1S/C13H20ClN3O/c1-18-12-8-15-7-11(17-12)16-10-13(9-14)5-3-2-4-6-13/h7-8H,2-6,9-10H2,1H3,(H,16,17). The van der Waals surface area contributed by atoms with Crippen molar-refractivity contribution in [3.63, 3.8) is 0 Å². The normalized spacial score (nSPS) is 18.3. The van der Waals surface area contributed by atoms with Crippen LogP contribution in [0.2, 0.25) is 0 Å². The third-order valence-corrected chi connectivity index (χ3v) is 4.23. The summed E-state index contributed by atoms with van der Waals surface area (Å²) >= 11 is 6.16. The summed E-state index contributed by atoms with van der Waals surface area (Å²) in [6.07, 6.45) is 9.59. The van der Waals surface area contributed by atoms with Crippen LogP contribution in [0.25, 0.3) is 0 Å². The van der Waals surface area contributed by atoms with E-state index in [-0.39, 0.29) is 5.41 Å². The van der Waals surface area contributed by atoms with Gasteiger partial charge in [-0.25, -0.2) is 0 Å². The zero-order chi connectivity index (χ0) is 12.8. The first-order chi connectivity index (χ1) is 8.78. The molecule has 4 nitrogen and oxygen atoms in total. The summed E-state index contributed by atoms with van der Waals surface area (Å²) in [4.78, 5) is 8.39. The zero-order valence-corrected chi connectivity index (χ0v) is 11.5. The van der Waals surface area contributed by atoms with Crippen molar-refractivity contribution >= 4 is 17.4 Å². The van der Waals surface area contributed by atoms with Crippen molar-refractivity contribution in [1.82, 2.24) is 9.97 Å². The molecule has 1 aliphatic rings. The number of methoxy groups -OCH3 is 1. The predicted octanol–water partition coefficient (Wildman–Crippen LogP) is 3.09. The van der Waals surface area contributed by atoms with Crippen LogP contribution in [-0.4, -0.2) is 29.5 Å². The highest BCUT2D eigenvalue weighted by Crippen LogP contribution is 2.37. The van der Waals surface area contributed by atoms with Gasteiger partial charge in [-0.1, -0.05) is 19.3 Å². The minimum absolute atomic E-state index is 0.213. The van der Waals surface area contributed by atoms with Crippen LogP contribution in [0, 0.1) is 5.41 Å².